The molecule has 0 aliphatic heterocycles. The van der Waals surface area contributed by atoms with Crippen LogP contribution >= 0.6 is 11.6 Å². The minimum Gasteiger partial charge on any atom is -0.337 e. The van der Waals surface area contributed by atoms with Crippen LogP contribution in [0.5, 0.6) is 0 Å². The van der Waals surface area contributed by atoms with Crippen molar-refractivity contribution in [2.24, 2.45) is 0 Å². The van der Waals surface area contributed by atoms with Crippen LogP contribution in [0.25, 0.3) is 11.0 Å². The summed E-state index contributed by atoms with van der Waals surface area (Å²) in [6.07, 6.45) is 3.74. The maximum atomic E-state index is 14.8. The van der Waals surface area contributed by atoms with Gasteiger partial charge in [0.2, 0.25) is 0 Å². The van der Waals surface area contributed by atoms with Crippen LogP contribution in [0.2, 0.25) is 5.02 Å². The molecule has 1 aliphatic carbocycles. The highest BCUT2D eigenvalue weighted by Crippen LogP contribution is 2.33. The first-order chi connectivity index (χ1) is 14.7. The van der Waals surface area contributed by atoms with Crippen molar-refractivity contribution in [3.05, 3.63) is 57.1 Å². The number of hydrogen-bond acceptors (Lipinski definition) is 5. The maximum absolute atomic E-state index is 14.8. The summed E-state index contributed by atoms with van der Waals surface area (Å²) in [5, 5.41) is 3.46. The first-order valence-electron chi connectivity index (χ1n) is 10.2. The van der Waals surface area contributed by atoms with E-state index in [-0.39, 0.29) is 33.1 Å². The first kappa shape index (κ1) is 21.8. The topological polar surface area (TPSA) is 81.1 Å². The zero-order valence-electron chi connectivity index (χ0n) is 17.3. The van der Waals surface area contributed by atoms with Gasteiger partial charge in [-0.1, -0.05) is 31.4 Å². The third kappa shape index (κ3) is 4.06. The first-order valence-corrected chi connectivity index (χ1v) is 12.3. The molecule has 1 fully saturated rings. The molecule has 0 atom stereocenters. The van der Waals surface area contributed by atoms with E-state index in [9.17, 15) is 17.6 Å². The van der Waals surface area contributed by atoms with Crippen LogP contribution in [0.1, 0.15) is 44.2 Å². The van der Waals surface area contributed by atoms with Crippen LogP contribution in [0.4, 0.5) is 15.9 Å². The Bertz CT molecular complexity index is 1330. The molecule has 1 aliphatic rings. The van der Waals surface area contributed by atoms with Crippen LogP contribution in [-0.2, 0) is 9.84 Å². The zero-order chi connectivity index (χ0) is 22.3. The second-order valence-electron chi connectivity index (χ2n) is 7.84. The molecule has 2 aromatic heterocycles. The maximum Gasteiger partial charge on any atom is 0.271 e. The Kier molecular flexibility index (Phi) is 5.79. The van der Waals surface area contributed by atoms with Gasteiger partial charge in [-0.05, 0) is 55.7 Å². The minimum absolute atomic E-state index is 0.00132. The lowest BCUT2D eigenvalue weighted by Crippen LogP contribution is -2.25. The number of halogens is 2. The molecule has 9 heteroatoms. The van der Waals surface area contributed by atoms with Gasteiger partial charge in [0.15, 0.2) is 21.5 Å². The van der Waals surface area contributed by atoms with E-state index in [1.54, 1.807) is 30.5 Å². The Morgan fingerprint density at radius 3 is 2.58 bits per heavy atom. The van der Waals surface area contributed by atoms with Gasteiger partial charge in [-0.2, -0.15) is 0 Å². The zero-order valence-corrected chi connectivity index (χ0v) is 18.9. The number of fused-ring (bicyclic) bond motifs is 1. The van der Waals surface area contributed by atoms with Crippen LogP contribution in [0.15, 0.2) is 40.0 Å². The van der Waals surface area contributed by atoms with Crippen molar-refractivity contribution in [3.63, 3.8) is 0 Å². The molecule has 1 aromatic carbocycles. The average Bonchev–Trinajstić information content (AvgIpc) is 3.26. The van der Waals surface area contributed by atoms with Crippen molar-refractivity contribution in [1.82, 2.24) is 9.55 Å². The van der Waals surface area contributed by atoms with E-state index in [4.69, 9.17) is 11.6 Å². The van der Waals surface area contributed by atoms with Crippen LogP contribution in [0.3, 0.4) is 0 Å². The molecule has 1 N–H and O–H groups in total. The molecule has 164 valence electrons. The molecular formula is C22H23ClFN3O3S. The quantitative estimate of drug-likeness (QED) is 0.566. The monoisotopic (exact) mass is 463 g/mol. The van der Waals surface area contributed by atoms with Crippen LogP contribution < -0.4 is 10.9 Å². The van der Waals surface area contributed by atoms with Gasteiger partial charge in [0.05, 0.1) is 10.6 Å². The third-order valence-corrected chi connectivity index (χ3v) is 7.80. The fraction of sp³-hybridized carbons (Fsp3) is 0.364. The molecule has 2 heterocycles. The Morgan fingerprint density at radius 2 is 1.94 bits per heavy atom. The van der Waals surface area contributed by atoms with E-state index in [0.29, 0.717) is 22.3 Å². The summed E-state index contributed by atoms with van der Waals surface area (Å²) in [6.45, 7) is 3.32. The minimum atomic E-state index is -3.34. The van der Waals surface area contributed by atoms with E-state index in [1.807, 2.05) is 0 Å². The Morgan fingerprint density at radius 1 is 1.23 bits per heavy atom. The van der Waals surface area contributed by atoms with Crippen molar-refractivity contribution in [2.45, 2.75) is 50.5 Å². The van der Waals surface area contributed by atoms with Crippen molar-refractivity contribution in [3.8, 4) is 0 Å². The van der Waals surface area contributed by atoms with E-state index in [2.05, 4.69) is 10.3 Å². The van der Waals surface area contributed by atoms with Crippen LogP contribution in [0, 0.1) is 12.7 Å². The average molecular weight is 464 g/mol. The normalized spacial score (nSPS) is 15.0. The molecule has 6 nitrogen and oxygen atoms in total. The van der Waals surface area contributed by atoms with Gasteiger partial charge in [0, 0.05) is 17.1 Å². The van der Waals surface area contributed by atoms with Gasteiger partial charge < -0.3 is 5.32 Å². The third-order valence-electron chi connectivity index (χ3n) is 5.80. The molecule has 0 bridgehead atoms. The number of nitrogens with zero attached hydrogens (tertiary/aromatic N) is 2. The van der Waals surface area contributed by atoms with Crippen molar-refractivity contribution < 1.29 is 12.8 Å². The molecular weight excluding hydrogens is 441 g/mol. The van der Waals surface area contributed by atoms with Crippen molar-refractivity contribution in [2.75, 3.05) is 11.1 Å². The number of hydrogen-bond donors (Lipinski definition) is 1. The van der Waals surface area contributed by atoms with E-state index >= 15 is 0 Å². The largest absolute Gasteiger partial charge is 0.337 e. The highest BCUT2D eigenvalue weighted by Gasteiger charge is 2.23. The SMILES string of the molecule is CCS(=O)(=O)c1ccc(Nc2nc3c(cc2F)cc(Cl)c(=O)n3C2CCCC2)c(C)c1. The summed E-state index contributed by atoms with van der Waals surface area (Å²) in [5.74, 6) is -0.624. The van der Waals surface area contributed by atoms with Gasteiger partial charge in [0.1, 0.15) is 10.7 Å². The number of rotatable bonds is 5. The molecule has 0 amide bonds. The Labute approximate surface area is 185 Å². The van der Waals surface area contributed by atoms with Crippen LogP contribution in [-0.4, -0.2) is 23.7 Å². The van der Waals surface area contributed by atoms with Gasteiger partial charge in [0.25, 0.3) is 5.56 Å². The lowest BCUT2D eigenvalue weighted by molar-refractivity contribution is 0.515. The second-order valence-corrected chi connectivity index (χ2v) is 10.5. The summed E-state index contributed by atoms with van der Waals surface area (Å²) in [7, 11) is -3.34. The molecule has 1 saturated carbocycles. The van der Waals surface area contributed by atoms with E-state index in [1.165, 1.54) is 18.2 Å². The number of pyridine rings is 2. The summed E-state index contributed by atoms with van der Waals surface area (Å²) in [5.41, 5.74) is 1.23. The van der Waals surface area contributed by atoms with Gasteiger partial charge in [-0.3, -0.25) is 9.36 Å². The Hall–Kier alpha value is -2.45. The van der Waals surface area contributed by atoms with Gasteiger partial charge in [-0.15, -0.1) is 0 Å². The van der Waals surface area contributed by atoms with E-state index in [0.717, 1.165) is 25.7 Å². The highest BCUT2D eigenvalue weighted by atomic mass is 35.5. The summed E-state index contributed by atoms with van der Waals surface area (Å²) >= 11 is 6.13. The molecule has 0 spiro atoms. The van der Waals surface area contributed by atoms with Crippen molar-refractivity contribution >= 4 is 44.0 Å². The molecule has 31 heavy (non-hydrogen) atoms. The Balaban J connectivity index is 1.80. The summed E-state index contributed by atoms with van der Waals surface area (Å²) in [4.78, 5) is 17.4. The number of aryl methyl sites for hydroxylation is 1. The van der Waals surface area contributed by atoms with Gasteiger partial charge >= 0.3 is 0 Å². The lowest BCUT2D eigenvalue weighted by atomic mass is 10.2. The lowest BCUT2D eigenvalue weighted by Gasteiger charge is -2.18. The number of benzene rings is 1. The molecule has 3 aromatic rings. The van der Waals surface area contributed by atoms with Gasteiger partial charge in [-0.25, -0.2) is 17.8 Å². The molecule has 0 unspecified atom stereocenters. The highest BCUT2D eigenvalue weighted by molar-refractivity contribution is 7.91. The fourth-order valence-corrected chi connectivity index (χ4v) is 5.23. The van der Waals surface area contributed by atoms with Crippen molar-refractivity contribution in [1.29, 1.82) is 0 Å². The summed E-state index contributed by atoms with van der Waals surface area (Å²) in [6, 6.07) is 7.37. The number of anilines is 2. The summed E-state index contributed by atoms with van der Waals surface area (Å²) < 4.78 is 40.7. The standard InChI is InChI=1S/C22H23ClFN3O3S/c1-3-31(29,30)16-8-9-19(13(2)10-16)25-20-18(24)12-14-11-17(23)22(28)27(21(14)26-20)15-6-4-5-7-15/h8-12,15H,3-7H2,1-2H3,(H,25,26). The number of nitrogens with one attached hydrogen (secondary N) is 1. The number of aromatic nitrogens is 2. The predicted molar refractivity (Wildman–Crippen MR) is 121 cm³/mol. The molecule has 0 saturated heterocycles. The predicted octanol–water partition coefficient (Wildman–Crippen LogP) is 5.15. The molecule has 0 radical (unpaired) electrons. The number of sulfone groups is 1. The van der Waals surface area contributed by atoms with E-state index < -0.39 is 15.7 Å². The fourth-order valence-electron chi connectivity index (χ4n) is 4.05. The molecule has 4 rings (SSSR count). The second kappa shape index (κ2) is 8.24. The smallest absolute Gasteiger partial charge is 0.271 e.